The minimum Gasteiger partial charge on any atom is -0.548 e. The van der Waals surface area contributed by atoms with Crippen molar-refractivity contribution >= 4 is 22.8 Å². The summed E-state index contributed by atoms with van der Waals surface area (Å²) in [5.41, 5.74) is 7.21. The third-order valence-electron chi connectivity index (χ3n) is 5.30. The molecule has 154 valence electrons. The molecular weight excluding hydrogens is 375 g/mol. The molecule has 0 aliphatic heterocycles. The average Bonchev–Trinajstić information content (AvgIpc) is 3.05. The van der Waals surface area contributed by atoms with Crippen molar-refractivity contribution in [2.24, 2.45) is 5.73 Å². The van der Waals surface area contributed by atoms with Gasteiger partial charge in [0.2, 0.25) is 5.91 Å². The van der Waals surface area contributed by atoms with Gasteiger partial charge in [0.1, 0.15) is 0 Å². The molecule has 0 bridgehead atoms. The van der Waals surface area contributed by atoms with Gasteiger partial charge in [-0.2, -0.15) is 0 Å². The Balaban J connectivity index is 0.00000420. The van der Waals surface area contributed by atoms with E-state index in [4.69, 9.17) is 5.73 Å². The van der Waals surface area contributed by atoms with E-state index >= 15 is 0 Å². The van der Waals surface area contributed by atoms with Crippen LogP contribution in [0.25, 0.3) is 10.9 Å². The van der Waals surface area contributed by atoms with Gasteiger partial charge in [0.25, 0.3) is 0 Å². The third kappa shape index (κ3) is 8.25. The van der Waals surface area contributed by atoms with Crippen LogP contribution in [-0.2, 0) is 11.2 Å². The van der Waals surface area contributed by atoms with Gasteiger partial charge in [-0.3, -0.25) is 9.36 Å². The van der Waals surface area contributed by atoms with Gasteiger partial charge in [-0.05, 0) is 24.5 Å². The monoisotopic (exact) mass is 408 g/mol. The molecule has 2 rings (SSSR count). The van der Waals surface area contributed by atoms with Crippen molar-refractivity contribution in [2.75, 3.05) is 0 Å². The zero-order chi connectivity index (χ0) is 20.4. The van der Waals surface area contributed by atoms with Crippen molar-refractivity contribution in [1.29, 1.82) is 0 Å². The van der Waals surface area contributed by atoms with Crippen molar-refractivity contribution in [1.82, 2.24) is 4.57 Å². The van der Waals surface area contributed by atoms with E-state index in [-0.39, 0.29) is 41.9 Å². The summed E-state index contributed by atoms with van der Waals surface area (Å²) in [6.07, 6.45) is 13.3. The second kappa shape index (κ2) is 14.0. The molecule has 0 spiro atoms. The Hall–Kier alpha value is -1.14. The summed E-state index contributed by atoms with van der Waals surface area (Å²) in [6.45, 7) is 2.23. The molecule has 0 unspecified atom stereocenters. The minimum atomic E-state index is -1.28. The summed E-state index contributed by atoms with van der Waals surface area (Å²) in [6, 6.07) is 6.47. The van der Waals surface area contributed by atoms with Crippen LogP contribution in [0, 0.1) is 0 Å². The van der Waals surface area contributed by atoms with Gasteiger partial charge in [-0.25, -0.2) is 0 Å². The van der Waals surface area contributed by atoms with Crippen LogP contribution < -0.4 is 40.4 Å². The normalized spacial score (nSPS) is 11.9. The van der Waals surface area contributed by atoms with Gasteiger partial charge in [0, 0.05) is 24.0 Å². The number of fused-ring (bicyclic) bond motifs is 1. The molecule has 2 N–H and O–H groups in total. The molecule has 0 aliphatic rings. The Morgan fingerprint density at radius 3 is 2.21 bits per heavy atom. The number of unbranched alkanes of at least 4 members (excludes halogenated alkanes) is 8. The summed E-state index contributed by atoms with van der Waals surface area (Å²) in [5.74, 6) is -1.23. The molecule has 6 heteroatoms. The molecule has 5 nitrogen and oxygen atoms in total. The van der Waals surface area contributed by atoms with Gasteiger partial charge in [0.05, 0.1) is 11.5 Å². The first-order chi connectivity index (χ1) is 13.5. The standard InChI is InChI=1S/C23H34N2O3.Na/c1-2-3-4-5-6-7-8-9-10-15-22(26)25-17-18(16-20(24)23(27)28)19-13-11-12-14-21(19)25;/h11-14,17,20H,2-10,15-16,24H2,1H3,(H,27,28);/q;+1/p-1/t20-;/m0./s1. The zero-order valence-electron chi connectivity index (χ0n) is 18.0. The molecule has 1 aromatic heterocycles. The topological polar surface area (TPSA) is 88.2 Å². The number of carbonyl (C=O) groups excluding carboxylic acids is 2. The fourth-order valence-corrected chi connectivity index (χ4v) is 3.65. The minimum absolute atomic E-state index is 0. The summed E-state index contributed by atoms with van der Waals surface area (Å²) in [4.78, 5) is 23.7. The molecule has 29 heavy (non-hydrogen) atoms. The number of aromatic nitrogens is 1. The molecule has 0 radical (unpaired) electrons. The van der Waals surface area contributed by atoms with Crippen LogP contribution in [0.1, 0.15) is 81.5 Å². The number of benzene rings is 1. The van der Waals surface area contributed by atoms with Crippen molar-refractivity contribution < 1.29 is 44.3 Å². The quantitative estimate of drug-likeness (QED) is 0.393. The number of hydrogen-bond donors (Lipinski definition) is 1. The first kappa shape index (κ1) is 25.9. The van der Waals surface area contributed by atoms with E-state index in [1.165, 1.54) is 44.9 Å². The zero-order valence-corrected chi connectivity index (χ0v) is 20.0. The van der Waals surface area contributed by atoms with Gasteiger partial charge >= 0.3 is 29.6 Å². The fraction of sp³-hybridized carbons (Fsp3) is 0.565. The Morgan fingerprint density at radius 1 is 1.00 bits per heavy atom. The van der Waals surface area contributed by atoms with Crippen molar-refractivity contribution in [2.45, 2.75) is 83.6 Å². The second-order valence-corrected chi connectivity index (χ2v) is 7.64. The maximum absolute atomic E-state index is 12.7. The number of carbonyl (C=O) groups is 2. The Morgan fingerprint density at radius 2 is 1.59 bits per heavy atom. The van der Waals surface area contributed by atoms with E-state index in [2.05, 4.69) is 6.92 Å². The maximum atomic E-state index is 12.7. The maximum Gasteiger partial charge on any atom is 1.00 e. The first-order valence-corrected chi connectivity index (χ1v) is 10.6. The number of aliphatic carboxylic acids is 1. The van der Waals surface area contributed by atoms with E-state index in [0.29, 0.717) is 6.42 Å². The summed E-state index contributed by atoms with van der Waals surface area (Å²) >= 11 is 0. The van der Waals surface area contributed by atoms with E-state index in [1.807, 2.05) is 24.3 Å². The van der Waals surface area contributed by atoms with E-state index in [1.54, 1.807) is 10.8 Å². The van der Waals surface area contributed by atoms with Crippen molar-refractivity contribution in [3.63, 3.8) is 0 Å². The number of hydrogen-bond acceptors (Lipinski definition) is 4. The largest absolute Gasteiger partial charge is 1.00 e. The Labute approximate surface area is 196 Å². The van der Waals surface area contributed by atoms with Gasteiger partial charge in [-0.15, -0.1) is 0 Å². The number of para-hydroxylation sites is 1. The molecule has 0 saturated heterocycles. The van der Waals surface area contributed by atoms with Crippen molar-refractivity contribution in [3.8, 4) is 0 Å². The number of carboxylic acids is 1. The molecule has 1 atom stereocenters. The van der Waals surface area contributed by atoms with E-state index < -0.39 is 12.0 Å². The van der Waals surface area contributed by atoms with Gasteiger partial charge in [-0.1, -0.05) is 76.5 Å². The van der Waals surface area contributed by atoms with Crippen LogP contribution in [0.4, 0.5) is 0 Å². The summed E-state index contributed by atoms with van der Waals surface area (Å²) < 4.78 is 1.65. The molecule has 2 aromatic rings. The molecule has 0 aliphatic carbocycles. The van der Waals surface area contributed by atoms with Gasteiger partial charge in [0.15, 0.2) is 0 Å². The SMILES string of the molecule is CCCCCCCCCCCC(=O)n1cc(C[C@H](N)C(=O)[O-])c2ccccc21.[Na+]. The fourth-order valence-electron chi connectivity index (χ4n) is 3.65. The molecule has 0 amide bonds. The molecule has 0 fully saturated rings. The first-order valence-electron chi connectivity index (χ1n) is 10.6. The molecule has 0 saturated carbocycles. The van der Waals surface area contributed by atoms with E-state index in [9.17, 15) is 14.7 Å². The van der Waals surface area contributed by atoms with Crippen LogP contribution >= 0.6 is 0 Å². The number of carboxylic acid groups (broad SMARTS) is 1. The Kier molecular flexibility index (Phi) is 12.5. The van der Waals surface area contributed by atoms with Crippen LogP contribution in [-0.4, -0.2) is 22.5 Å². The second-order valence-electron chi connectivity index (χ2n) is 7.64. The van der Waals surface area contributed by atoms with Crippen LogP contribution in [0.2, 0.25) is 0 Å². The average molecular weight is 409 g/mol. The Bertz CT molecular complexity index is 773. The number of nitrogens with two attached hydrogens (primary N) is 1. The molecular formula is C23H33N2NaO3. The number of nitrogens with zero attached hydrogens (tertiary/aromatic N) is 1. The molecule has 1 aromatic carbocycles. The van der Waals surface area contributed by atoms with Crippen LogP contribution in [0.3, 0.4) is 0 Å². The van der Waals surface area contributed by atoms with Gasteiger partial charge < -0.3 is 15.6 Å². The smallest absolute Gasteiger partial charge is 0.548 e. The van der Waals surface area contributed by atoms with E-state index in [0.717, 1.165) is 29.3 Å². The van der Waals surface area contributed by atoms with Crippen LogP contribution in [0.5, 0.6) is 0 Å². The predicted octanol–water partition coefficient (Wildman–Crippen LogP) is 0.826. The summed E-state index contributed by atoms with van der Waals surface area (Å²) in [5, 5.41) is 11.8. The third-order valence-corrected chi connectivity index (χ3v) is 5.30. The van der Waals surface area contributed by atoms with Crippen LogP contribution in [0.15, 0.2) is 30.5 Å². The predicted molar refractivity (Wildman–Crippen MR) is 111 cm³/mol. The summed E-state index contributed by atoms with van der Waals surface area (Å²) in [7, 11) is 0. The molecule has 1 heterocycles. The number of rotatable bonds is 13. The van der Waals surface area contributed by atoms with Crippen molar-refractivity contribution in [3.05, 3.63) is 36.0 Å².